The number of rotatable bonds is 3. The van der Waals surface area contributed by atoms with Crippen molar-refractivity contribution in [3.63, 3.8) is 0 Å². The summed E-state index contributed by atoms with van der Waals surface area (Å²) in [6, 6.07) is 13.8. The molecule has 0 spiro atoms. The Balaban J connectivity index is 1.68. The molecule has 1 amide bonds. The van der Waals surface area contributed by atoms with Crippen LogP contribution in [-0.2, 0) is 0 Å². The van der Waals surface area contributed by atoms with Gasteiger partial charge in [0.05, 0.1) is 6.04 Å². The Bertz CT molecular complexity index is 937. The molecule has 1 aromatic heterocycles. The number of benzene rings is 1. The first-order chi connectivity index (χ1) is 14.5. The van der Waals surface area contributed by atoms with E-state index in [4.69, 9.17) is 4.74 Å². The van der Waals surface area contributed by atoms with Gasteiger partial charge in [0.1, 0.15) is 5.75 Å². The highest BCUT2D eigenvalue weighted by Crippen LogP contribution is 2.56. The number of piperidine rings is 1. The van der Waals surface area contributed by atoms with Crippen LogP contribution in [0.3, 0.4) is 0 Å². The molecule has 3 aliphatic rings. The Morgan fingerprint density at radius 1 is 1.13 bits per heavy atom. The van der Waals surface area contributed by atoms with Gasteiger partial charge in [0.25, 0.3) is 0 Å². The molecule has 6 heteroatoms. The van der Waals surface area contributed by atoms with E-state index in [-0.39, 0.29) is 22.3 Å². The molecule has 4 heterocycles. The summed E-state index contributed by atoms with van der Waals surface area (Å²) >= 11 is 0. The van der Waals surface area contributed by atoms with Crippen molar-refractivity contribution in [1.82, 2.24) is 9.88 Å². The van der Waals surface area contributed by atoms with Gasteiger partial charge in [-0.05, 0) is 47.6 Å². The molecular formula is C25H33N3O3. The van der Waals surface area contributed by atoms with Crippen LogP contribution in [0.4, 0.5) is 10.5 Å². The summed E-state index contributed by atoms with van der Waals surface area (Å²) in [5.41, 5.74) is 0.921. The van der Waals surface area contributed by atoms with Crippen LogP contribution in [0.5, 0.6) is 11.6 Å². The number of pyridine rings is 1. The predicted molar refractivity (Wildman–Crippen MR) is 122 cm³/mol. The molecule has 0 radical (unpaired) electrons. The average molecular weight is 424 g/mol. The van der Waals surface area contributed by atoms with E-state index in [2.05, 4.69) is 56.6 Å². The second-order valence-electron chi connectivity index (χ2n) is 10.8. The zero-order valence-corrected chi connectivity index (χ0v) is 19.1. The summed E-state index contributed by atoms with van der Waals surface area (Å²) in [4.78, 5) is 20.3. The van der Waals surface area contributed by atoms with E-state index in [0.29, 0.717) is 19.0 Å². The number of carboxylic acid groups (broad SMARTS) is 1. The van der Waals surface area contributed by atoms with Gasteiger partial charge >= 0.3 is 6.09 Å². The van der Waals surface area contributed by atoms with Gasteiger partial charge in [-0.3, -0.25) is 0 Å². The first-order valence-corrected chi connectivity index (χ1v) is 10.9. The molecular weight excluding hydrogens is 390 g/mol. The van der Waals surface area contributed by atoms with Crippen molar-refractivity contribution >= 4 is 11.8 Å². The SMILES string of the molecule is CC1(C)C[C@@]2(C(C)(C)C)CN(C(=O)O)C[C@H]1N(c1ccc(Oc3ccccn3)cc1)C2. The number of amides is 1. The van der Waals surface area contributed by atoms with E-state index in [1.165, 1.54) is 0 Å². The maximum atomic E-state index is 12.1. The molecule has 1 aromatic carbocycles. The number of hydrogen-bond donors (Lipinski definition) is 1. The number of fused-ring (bicyclic) bond motifs is 4. The van der Waals surface area contributed by atoms with Crippen LogP contribution in [0.15, 0.2) is 48.7 Å². The molecule has 2 bridgehead atoms. The Morgan fingerprint density at radius 3 is 2.42 bits per heavy atom. The van der Waals surface area contributed by atoms with Gasteiger partial charge in [-0.2, -0.15) is 0 Å². The Hall–Kier alpha value is -2.76. The number of nitrogens with zero attached hydrogens (tertiary/aromatic N) is 3. The lowest BCUT2D eigenvalue weighted by Gasteiger charge is -2.57. The zero-order chi connectivity index (χ0) is 22.4. The molecule has 0 aliphatic carbocycles. The van der Waals surface area contributed by atoms with Crippen LogP contribution >= 0.6 is 0 Å². The van der Waals surface area contributed by atoms with E-state index in [1.54, 1.807) is 11.1 Å². The Labute approximate surface area is 184 Å². The summed E-state index contributed by atoms with van der Waals surface area (Å²) in [5, 5.41) is 9.90. The smallest absolute Gasteiger partial charge is 0.407 e. The number of anilines is 1. The molecule has 6 nitrogen and oxygen atoms in total. The fraction of sp³-hybridized carbons (Fsp3) is 0.520. The fourth-order valence-corrected chi connectivity index (χ4v) is 5.38. The lowest BCUT2D eigenvalue weighted by Crippen LogP contribution is -2.60. The first-order valence-electron chi connectivity index (χ1n) is 10.9. The monoisotopic (exact) mass is 423 g/mol. The predicted octanol–water partition coefficient (Wildman–Crippen LogP) is 5.50. The van der Waals surface area contributed by atoms with Crippen molar-refractivity contribution < 1.29 is 14.6 Å². The molecule has 0 saturated carbocycles. The van der Waals surface area contributed by atoms with Crippen molar-refractivity contribution in [2.24, 2.45) is 16.2 Å². The largest absolute Gasteiger partial charge is 0.465 e. The van der Waals surface area contributed by atoms with Crippen molar-refractivity contribution in [3.05, 3.63) is 48.7 Å². The van der Waals surface area contributed by atoms with Crippen molar-refractivity contribution in [2.75, 3.05) is 24.5 Å². The third kappa shape index (κ3) is 3.95. The fourth-order valence-electron chi connectivity index (χ4n) is 5.38. The normalized spacial score (nSPS) is 25.3. The molecule has 0 unspecified atom stereocenters. The van der Waals surface area contributed by atoms with Crippen LogP contribution in [0.1, 0.15) is 41.0 Å². The van der Waals surface area contributed by atoms with Gasteiger partial charge in [0, 0.05) is 43.0 Å². The molecule has 5 rings (SSSR count). The van der Waals surface area contributed by atoms with Crippen molar-refractivity contribution in [1.29, 1.82) is 0 Å². The van der Waals surface area contributed by atoms with Gasteiger partial charge in [-0.1, -0.05) is 40.7 Å². The molecule has 166 valence electrons. The number of ether oxygens (including phenoxy) is 1. The number of aromatic nitrogens is 1. The zero-order valence-electron chi connectivity index (χ0n) is 19.1. The van der Waals surface area contributed by atoms with Crippen LogP contribution in [-0.4, -0.2) is 46.8 Å². The Kier molecular flexibility index (Phi) is 5.15. The maximum absolute atomic E-state index is 12.1. The van der Waals surface area contributed by atoms with E-state index in [9.17, 15) is 9.90 Å². The Morgan fingerprint density at radius 2 is 1.84 bits per heavy atom. The van der Waals surface area contributed by atoms with Gasteiger partial charge in [0.15, 0.2) is 0 Å². The van der Waals surface area contributed by atoms with E-state index in [1.807, 2.05) is 30.3 Å². The number of carbonyl (C=O) groups is 1. The van der Waals surface area contributed by atoms with E-state index >= 15 is 0 Å². The third-order valence-corrected chi connectivity index (χ3v) is 7.32. The van der Waals surface area contributed by atoms with Crippen molar-refractivity contribution in [2.45, 2.75) is 47.1 Å². The molecule has 3 saturated heterocycles. The number of hydrogen-bond acceptors (Lipinski definition) is 4. The minimum Gasteiger partial charge on any atom is -0.465 e. The molecule has 31 heavy (non-hydrogen) atoms. The van der Waals surface area contributed by atoms with Gasteiger partial charge in [-0.15, -0.1) is 0 Å². The summed E-state index contributed by atoms with van der Waals surface area (Å²) in [5.74, 6) is 1.30. The summed E-state index contributed by atoms with van der Waals surface area (Å²) in [7, 11) is 0. The van der Waals surface area contributed by atoms with Crippen LogP contribution in [0.2, 0.25) is 0 Å². The van der Waals surface area contributed by atoms with E-state index in [0.717, 1.165) is 24.4 Å². The summed E-state index contributed by atoms with van der Waals surface area (Å²) < 4.78 is 5.86. The van der Waals surface area contributed by atoms with E-state index < -0.39 is 6.09 Å². The second kappa shape index (κ2) is 7.43. The highest BCUT2D eigenvalue weighted by Gasteiger charge is 2.58. The molecule has 2 aromatic rings. The average Bonchev–Trinajstić information content (AvgIpc) is 2.94. The summed E-state index contributed by atoms with van der Waals surface area (Å²) in [6.07, 6.45) is 1.90. The van der Waals surface area contributed by atoms with Gasteiger partial charge in [-0.25, -0.2) is 9.78 Å². The minimum atomic E-state index is -0.822. The topological polar surface area (TPSA) is 65.9 Å². The van der Waals surface area contributed by atoms with Gasteiger partial charge in [0.2, 0.25) is 5.88 Å². The molecule has 3 aliphatic heterocycles. The summed E-state index contributed by atoms with van der Waals surface area (Å²) in [6.45, 7) is 13.2. The highest BCUT2D eigenvalue weighted by atomic mass is 16.5. The second-order valence-corrected chi connectivity index (χ2v) is 10.8. The van der Waals surface area contributed by atoms with Crippen LogP contribution in [0.25, 0.3) is 0 Å². The highest BCUT2D eigenvalue weighted by molar-refractivity contribution is 5.66. The third-order valence-electron chi connectivity index (χ3n) is 7.32. The van der Waals surface area contributed by atoms with Crippen molar-refractivity contribution in [3.8, 4) is 11.6 Å². The molecule has 3 fully saturated rings. The standard InChI is InChI=1S/C25H33N3O3/c1-23(2,3)25-15-24(4,5)20(14-27(16-25)22(29)30)28(17-25)18-9-11-19(12-10-18)31-21-8-6-7-13-26-21/h6-13,20H,14-17H2,1-5H3,(H,29,30)/t20-,25-/m1/s1. The first kappa shape index (κ1) is 21.5. The lowest BCUT2D eigenvalue weighted by molar-refractivity contribution is 0.00684. The minimum absolute atomic E-state index is 0.0150. The van der Waals surface area contributed by atoms with Crippen LogP contribution < -0.4 is 9.64 Å². The quantitative estimate of drug-likeness (QED) is 0.706. The molecule has 1 N–H and O–H groups in total. The lowest BCUT2D eigenvalue weighted by atomic mass is 9.56. The van der Waals surface area contributed by atoms with Crippen LogP contribution in [0, 0.1) is 16.2 Å². The maximum Gasteiger partial charge on any atom is 0.407 e. The molecule has 2 atom stereocenters. The van der Waals surface area contributed by atoms with Gasteiger partial charge < -0.3 is 19.6 Å².